The molecule has 4 nitrogen and oxygen atoms in total. The number of hydrogen-bond donors (Lipinski definition) is 1. The van der Waals surface area contributed by atoms with Gasteiger partial charge >= 0.3 is 27.7 Å². The van der Waals surface area contributed by atoms with Crippen LogP contribution in [0.25, 0.3) is 0 Å². The Balaban J connectivity index is 5.04. The lowest BCUT2D eigenvalue weighted by molar-refractivity contribution is -0.296. The van der Waals surface area contributed by atoms with E-state index in [2.05, 4.69) is 4.74 Å². The Morgan fingerprint density at radius 3 is 2.06 bits per heavy atom. The second-order valence-corrected chi connectivity index (χ2v) is 4.96. The minimum Gasteiger partial charge on any atom is -0.336 e. The Hall–Kier alpha value is -0.480. The molecular weight excluding hydrogens is 287 g/mol. The molecule has 0 aliphatic heterocycles. The van der Waals surface area contributed by atoms with Gasteiger partial charge in [-0.1, -0.05) is 19.8 Å². The first-order valence-electron chi connectivity index (χ1n) is 4.96. The lowest BCUT2D eigenvalue weighted by Crippen LogP contribution is -2.56. The molecule has 0 aliphatic rings. The normalized spacial score (nSPS) is 16.9. The molecule has 110 valence electrons. The van der Waals surface area contributed by atoms with Gasteiger partial charge in [0.05, 0.1) is 6.61 Å². The standard InChI is InChI=1S/C8H13F5O4S/c1-2-3-4-5-17-7(11,6(9)10)8(12,13)18(14,15)16/h6H,2-5H2,1H3,(H,14,15,16). The van der Waals surface area contributed by atoms with Gasteiger partial charge in [-0.15, -0.1) is 0 Å². The summed E-state index contributed by atoms with van der Waals surface area (Å²) in [5.41, 5.74) is 0. The molecule has 0 bridgehead atoms. The summed E-state index contributed by atoms with van der Waals surface area (Å²) in [6.45, 7) is 0.891. The van der Waals surface area contributed by atoms with Gasteiger partial charge in [0, 0.05) is 0 Å². The van der Waals surface area contributed by atoms with E-state index in [9.17, 15) is 30.4 Å². The number of rotatable bonds is 8. The first-order valence-corrected chi connectivity index (χ1v) is 6.40. The molecule has 0 spiro atoms. The van der Waals surface area contributed by atoms with Gasteiger partial charge in [0.1, 0.15) is 0 Å². The average molecular weight is 300 g/mol. The van der Waals surface area contributed by atoms with Crippen LogP contribution in [-0.4, -0.2) is 37.1 Å². The highest BCUT2D eigenvalue weighted by Crippen LogP contribution is 2.42. The van der Waals surface area contributed by atoms with E-state index in [1.165, 1.54) is 0 Å². The Bertz CT molecular complexity index is 358. The predicted molar refractivity (Wildman–Crippen MR) is 51.8 cm³/mol. The van der Waals surface area contributed by atoms with Crippen LogP contribution in [-0.2, 0) is 14.9 Å². The molecule has 0 aliphatic carbocycles. The van der Waals surface area contributed by atoms with Gasteiger partial charge in [-0.2, -0.15) is 21.6 Å². The topological polar surface area (TPSA) is 63.6 Å². The Morgan fingerprint density at radius 2 is 1.72 bits per heavy atom. The summed E-state index contributed by atoms with van der Waals surface area (Å²) >= 11 is 0. The van der Waals surface area contributed by atoms with Crippen LogP contribution >= 0.6 is 0 Å². The van der Waals surface area contributed by atoms with Gasteiger partial charge in [0.25, 0.3) is 0 Å². The molecular formula is C8H13F5O4S. The fraction of sp³-hybridized carbons (Fsp3) is 1.00. The van der Waals surface area contributed by atoms with E-state index < -0.39 is 34.3 Å². The number of hydrogen-bond acceptors (Lipinski definition) is 3. The molecule has 18 heavy (non-hydrogen) atoms. The first-order chi connectivity index (χ1) is 8.00. The molecule has 0 amide bonds. The molecule has 1 unspecified atom stereocenters. The summed E-state index contributed by atoms with van der Waals surface area (Å²) in [5.74, 6) is -5.08. The molecule has 0 saturated heterocycles. The fourth-order valence-corrected chi connectivity index (χ4v) is 1.52. The third kappa shape index (κ3) is 3.51. The van der Waals surface area contributed by atoms with Gasteiger partial charge in [0.2, 0.25) is 0 Å². The van der Waals surface area contributed by atoms with Crippen LogP contribution in [0, 0.1) is 0 Å². The molecule has 0 saturated carbocycles. The third-order valence-electron chi connectivity index (χ3n) is 2.06. The number of alkyl halides is 5. The molecule has 0 aromatic heterocycles. The molecule has 0 heterocycles. The maximum Gasteiger partial charge on any atom is 0.432 e. The van der Waals surface area contributed by atoms with E-state index in [0.717, 1.165) is 0 Å². The van der Waals surface area contributed by atoms with E-state index in [-0.39, 0.29) is 6.42 Å². The molecule has 0 aromatic rings. The zero-order valence-electron chi connectivity index (χ0n) is 9.38. The molecule has 0 rings (SSSR count). The summed E-state index contributed by atoms with van der Waals surface area (Å²) in [7, 11) is -6.36. The first kappa shape index (κ1) is 17.5. The lowest BCUT2D eigenvalue weighted by Gasteiger charge is -2.30. The maximum absolute atomic E-state index is 13.4. The molecule has 1 atom stereocenters. The van der Waals surface area contributed by atoms with Crippen molar-refractivity contribution in [2.24, 2.45) is 0 Å². The van der Waals surface area contributed by atoms with Crippen molar-refractivity contribution in [1.82, 2.24) is 0 Å². The smallest absolute Gasteiger partial charge is 0.336 e. The van der Waals surface area contributed by atoms with Crippen molar-refractivity contribution in [3.8, 4) is 0 Å². The molecule has 0 radical (unpaired) electrons. The van der Waals surface area contributed by atoms with E-state index in [4.69, 9.17) is 4.55 Å². The molecule has 0 fully saturated rings. The van der Waals surface area contributed by atoms with Crippen molar-refractivity contribution in [2.75, 3.05) is 6.61 Å². The Labute approximate surface area is 101 Å². The summed E-state index contributed by atoms with van der Waals surface area (Å²) in [4.78, 5) is 0. The molecule has 0 aromatic carbocycles. The minimum absolute atomic E-state index is 0.00353. The Kier molecular flexibility index (Phi) is 5.95. The van der Waals surface area contributed by atoms with E-state index in [0.29, 0.717) is 12.8 Å². The van der Waals surface area contributed by atoms with Crippen LogP contribution in [0.1, 0.15) is 26.2 Å². The monoisotopic (exact) mass is 300 g/mol. The zero-order chi connectivity index (χ0) is 14.6. The van der Waals surface area contributed by atoms with Gasteiger partial charge in [-0.05, 0) is 6.42 Å². The predicted octanol–water partition coefficient (Wildman–Crippen LogP) is 2.60. The van der Waals surface area contributed by atoms with Crippen molar-refractivity contribution in [2.45, 2.75) is 43.7 Å². The van der Waals surface area contributed by atoms with Crippen molar-refractivity contribution in [3.63, 3.8) is 0 Å². The van der Waals surface area contributed by atoms with Gasteiger partial charge in [-0.3, -0.25) is 4.55 Å². The fourth-order valence-electron chi connectivity index (χ4n) is 1.02. The highest BCUT2D eigenvalue weighted by molar-refractivity contribution is 7.87. The van der Waals surface area contributed by atoms with Crippen LogP contribution in [0.5, 0.6) is 0 Å². The lowest BCUT2D eigenvalue weighted by atomic mass is 10.2. The van der Waals surface area contributed by atoms with Gasteiger partial charge < -0.3 is 4.74 Å². The number of ether oxygens (including phenoxy) is 1. The number of halogens is 5. The average Bonchev–Trinajstić information content (AvgIpc) is 2.21. The van der Waals surface area contributed by atoms with Crippen molar-refractivity contribution in [3.05, 3.63) is 0 Å². The minimum atomic E-state index is -6.36. The summed E-state index contributed by atoms with van der Waals surface area (Å²) in [6.07, 6.45) is -3.45. The second kappa shape index (κ2) is 6.11. The third-order valence-corrected chi connectivity index (χ3v) is 2.99. The quantitative estimate of drug-likeness (QED) is 0.425. The summed E-state index contributed by atoms with van der Waals surface area (Å²) in [5, 5.41) is -5.75. The maximum atomic E-state index is 13.4. The highest BCUT2D eigenvalue weighted by atomic mass is 32.2. The highest BCUT2D eigenvalue weighted by Gasteiger charge is 2.70. The summed E-state index contributed by atoms with van der Waals surface area (Å²) < 4.78 is 96.0. The second-order valence-electron chi connectivity index (χ2n) is 3.49. The van der Waals surface area contributed by atoms with Crippen LogP contribution in [0.2, 0.25) is 0 Å². The van der Waals surface area contributed by atoms with E-state index in [1.54, 1.807) is 6.92 Å². The SMILES string of the molecule is CCCCCOC(F)(C(F)F)C(F)(F)S(=O)(=O)O. The van der Waals surface area contributed by atoms with E-state index in [1.807, 2.05) is 0 Å². The van der Waals surface area contributed by atoms with Gasteiger partial charge in [0.15, 0.2) is 0 Å². The molecule has 10 heteroatoms. The number of unbranched alkanes of at least 4 members (excludes halogenated alkanes) is 2. The van der Waals surface area contributed by atoms with Crippen LogP contribution in [0.15, 0.2) is 0 Å². The van der Waals surface area contributed by atoms with Crippen LogP contribution < -0.4 is 0 Å². The zero-order valence-corrected chi connectivity index (χ0v) is 10.2. The van der Waals surface area contributed by atoms with E-state index >= 15 is 0 Å². The van der Waals surface area contributed by atoms with Crippen LogP contribution in [0.3, 0.4) is 0 Å². The Morgan fingerprint density at radius 1 is 1.22 bits per heavy atom. The van der Waals surface area contributed by atoms with Crippen molar-refractivity contribution < 1.29 is 39.7 Å². The van der Waals surface area contributed by atoms with Crippen LogP contribution in [0.4, 0.5) is 22.0 Å². The van der Waals surface area contributed by atoms with Crippen molar-refractivity contribution >= 4 is 10.1 Å². The summed E-state index contributed by atoms with van der Waals surface area (Å²) in [6, 6.07) is 0. The largest absolute Gasteiger partial charge is 0.432 e. The van der Waals surface area contributed by atoms with Gasteiger partial charge in [-0.25, -0.2) is 8.78 Å². The van der Waals surface area contributed by atoms with Crippen molar-refractivity contribution in [1.29, 1.82) is 0 Å². The molecule has 1 N–H and O–H groups in total.